The lowest BCUT2D eigenvalue weighted by atomic mass is 9.76. The minimum atomic E-state index is -1.58. The predicted molar refractivity (Wildman–Crippen MR) is 140 cm³/mol. The Morgan fingerprint density at radius 1 is 0.927 bits per heavy atom. The summed E-state index contributed by atoms with van der Waals surface area (Å²) in [4.78, 5) is 16.7. The Balaban J connectivity index is 1.88. The molecule has 0 unspecified atom stereocenters. The van der Waals surface area contributed by atoms with Gasteiger partial charge in [0, 0.05) is 32.0 Å². The maximum absolute atomic E-state index is 12.6. The number of nitrogens with two attached hydrogens (primary N) is 6. The lowest BCUT2D eigenvalue weighted by Gasteiger charge is -2.48. The fraction of sp³-hybridized carbons (Fsp3) is 0.913. The number of aliphatic imine (C=N–C) groups is 1. The Morgan fingerprint density at radius 3 is 2.15 bits per heavy atom. The molecule has 0 amide bonds. The molecule has 3 fully saturated rings. The van der Waals surface area contributed by atoms with Crippen LogP contribution in [0.1, 0.15) is 19.3 Å². The van der Waals surface area contributed by atoms with E-state index < -0.39 is 104 Å². The summed E-state index contributed by atoms with van der Waals surface area (Å²) in [5.74, 6) is -1.74. The number of ketones is 1. The molecule has 3 aliphatic rings. The van der Waals surface area contributed by atoms with E-state index in [1.54, 1.807) is 0 Å². The maximum Gasteiger partial charge on any atom is 0.186 e. The second-order valence-electron chi connectivity index (χ2n) is 10.8. The van der Waals surface area contributed by atoms with E-state index in [0.717, 1.165) is 0 Å². The summed E-state index contributed by atoms with van der Waals surface area (Å²) in [5, 5.41) is 62.2. The smallest absolute Gasteiger partial charge is 0.186 e. The molecular formula is C23H45N7O11. The number of nitrogens with zero attached hydrogens (tertiary/aromatic N) is 1. The van der Waals surface area contributed by atoms with E-state index in [1.807, 2.05) is 0 Å². The van der Waals surface area contributed by atoms with Crippen LogP contribution in [-0.4, -0.2) is 148 Å². The van der Waals surface area contributed by atoms with Crippen LogP contribution in [0.3, 0.4) is 0 Å². The van der Waals surface area contributed by atoms with Crippen LogP contribution < -0.4 is 34.4 Å². The number of aliphatic hydroxyl groups is 6. The van der Waals surface area contributed by atoms with Crippen LogP contribution in [0, 0.1) is 5.92 Å². The van der Waals surface area contributed by atoms with Gasteiger partial charge in [0.05, 0.1) is 31.0 Å². The number of hydrogen-bond donors (Lipinski definition) is 12. The number of Topliss-reactive ketones (excluding diaryl/α,β-unsaturated/α-hetero) is 1. The molecule has 0 aromatic carbocycles. The Labute approximate surface area is 236 Å². The minimum Gasteiger partial charge on any atom is -0.394 e. The molecule has 0 radical (unpaired) electrons. The van der Waals surface area contributed by atoms with Crippen molar-refractivity contribution in [1.82, 2.24) is 0 Å². The van der Waals surface area contributed by atoms with E-state index in [9.17, 15) is 35.4 Å². The molecule has 15 atom stereocenters. The molecule has 1 aliphatic carbocycles. The number of ether oxygens (including phenoxy) is 4. The first-order valence-electron chi connectivity index (χ1n) is 13.5. The topological polar surface area (TPSA) is 344 Å². The van der Waals surface area contributed by atoms with Crippen LogP contribution in [-0.2, 0) is 23.7 Å². The van der Waals surface area contributed by atoms with Gasteiger partial charge in [0.2, 0.25) is 0 Å². The summed E-state index contributed by atoms with van der Waals surface area (Å²) >= 11 is 0. The van der Waals surface area contributed by atoms with Gasteiger partial charge in [-0.3, -0.25) is 4.79 Å². The van der Waals surface area contributed by atoms with Crippen molar-refractivity contribution < 1.29 is 54.4 Å². The van der Waals surface area contributed by atoms with Crippen molar-refractivity contribution in [3.8, 4) is 0 Å². The Bertz CT molecular complexity index is 885. The molecule has 0 aromatic rings. The SMILES string of the molecule is NC[C@H](O)C(=O)C[C@@H]1C[C@H](N)[C@@H](O[C@H]2O[C@H](CN)[C@@H](O)C[C@H]2N=C(N)N)[C@H](O)[C@H]1O[C@H]1O[C@H](CO)[C@@H](O)[C@H](N)[C@H]1O. The quantitative estimate of drug-likeness (QED) is 0.0779. The molecule has 2 heterocycles. The van der Waals surface area contributed by atoms with Gasteiger partial charge in [-0.25, -0.2) is 4.99 Å². The number of guanidine groups is 1. The summed E-state index contributed by atoms with van der Waals surface area (Å²) in [6, 6.07) is -3.06. The highest BCUT2D eigenvalue weighted by molar-refractivity contribution is 5.83. The highest BCUT2D eigenvalue weighted by Crippen LogP contribution is 2.36. The predicted octanol–water partition coefficient (Wildman–Crippen LogP) is -7.41. The molecule has 2 aliphatic heterocycles. The van der Waals surface area contributed by atoms with Crippen LogP contribution in [0.5, 0.6) is 0 Å². The zero-order chi connectivity index (χ0) is 30.6. The molecule has 2 saturated heterocycles. The highest BCUT2D eigenvalue weighted by Gasteiger charge is 2.51. The van der Waals surface area contributed by atoms with Crippen molar-refractivity contribution in [2.24, 2.45) is 45.3 Å². The molecule has 41 heavy (non-hydrogen) atoms. The average Bonchev–Trinajstić information content (AvgIpc) is 2.93. The molecule has 0 bridgehead atoms. The summed E-state index contributed by atoms with van der Waals surface area (Å²) in [6.07, 6.45) is -14.6. The highest BCUT2D eigenvalue weighted by atomic mass is 16.7. The van der Waals surface area contributed by atoms with Gasteiger partial charge in [-0.2, -0.15) is 0 Å². The normalized spacial score (nSPS) is 44.2. The first-order valence-corrected chi connectivity index (χ1v) is 13.5. The Hall–Kier alpha value is -1.62. The number of aliphatic hydroxyl groups excluding tert-OH is 6. The molecule has 238 valence electrons. The summed E-state index contributed by atoms with van der Waals surface area (Å²) in [7, 11) is 0. The van der Waals surface area contributed by atoms with E-state index >= 15 is 0 Å². The van der Waals surface area contributed by atoms with Gasteiger partial charge in [-0.1, -0.05) is 0 Å². The van der Waals surface area contributed by atoms with Gasteiger partial charge in [0.25, 0.3) is 0 Å². The Morgan fingerprint density at radius 2 is 1.56 bits per heavy atom. The van der Waals surface area contributed by atoms with Crippen molar-refractivity contribution in [1.29, 1.82) is 0 Å². The third kappa shape index (κ3) is 7.86. The van der Waals surface area contributed by atoms with Gasteiger partial charge in [-0.15, -0.1) is 0 Å². The lowest BCUT2D eigenvalue weighted by molar-refractivity contribution is -0.319. The van der Waals surface area contributed by atoms with Crippen LogP contribution >= 0.6 is 0 Å². The van der Waals surface area contributed by atoms with E-state index in [-0.39, 0.29) is 38.3 Å². The molecule has 18 nitrogen and oxygen atoms in total. The fourth-order valence-electron chi connectivity index (χ4n) is 5.48. The van der Waals surface area contributed by atoms with Crippen molar-refractivity contribution in [3.05, 3.63) is 0 Å². The minimum absolute atomic E-state index is 0.0268. The summed E-state index contributed by atoms with van der Waals surface area (Å²) in [5.41, 5.74) is 34.5. The van der Waals surface area contributed by atoms with E-state index in [2.05, 4.69) is 4.99 Å². The third-order valence-corrected chi connectivity index (χ3v) is 7.80. The van der Waals surface area contributed by atoms with Crippen molar-refractivity contribution in [3.63, 3.8) is 0 Å². The van der Waals surface area contributed by atoms with E-state index in [0.29, 0.717) is 0 Å². The second kappa shape index (κ2) is 14.7. The van der Waals surface area contributed by atoms with Crippen LogP contribution in [0.2, 0.25) is 0 Å². The van der Waals surface area contributed by atoms with Crippen molar-refractivity contribution in [2.45, 2.75) is 105 Å². The molecule has 0 aromatic heterocycles. The van der Waals surface area contributed by atoms with E-state index in [4.69, 9.17) is 53.3 Å². The fourth-order valence-corrected chi connectivity index (χ4v) is 5.48. The van der Waals surface area contributed by atoms with Crippen LogP contribution in [0.15, 0.2) is 4.99 Å². The van der Waals surface area contributed by atoms with E-state index in [1.165, 1.54) is 0 Å². The van der Waals surface area contributed by atoms with Crippen LogP contribution in [0.25, 0.3) is 0 Å². The van der Waals surface area contributed by atoms with Gasteiger partial charge in [0.1, 0.15) is 42.7 Å². The Kier molecular flexibility index (Phi) is 12.2. The van der Waals surface area contributed by atoms with Gasteiger partial charge in [0.15, 0.2) is 24.3 Å². The second-order valence-corrected chi connectivity index (χ2v) is 10.8. The zero-order valence-electron chi connectivity index (χ0n) is 22.5. The molecule has 0 spiro atoms. The zero-order valence-corrected chi connectivity index (χ0v) is 22.5. The lowest BCUT2D eigenvalue weighted by Crippen LogP contribution is -2.66. The largest absolute Gasteiger partial charge is 0.394 e. The first-order chi connectivity index (χ1) is 19.3. The third-order valence-electron chi connectivity index (χ3n) is 7.80. The average molecular weight is 596 g/mol. The van der Waals surface area contributed by atoms with Gasteiger partial charge >= 0.3 is 0 Å². The number of hydrogen-bond acceptors (Lipinski definition) is 16. The van der Waals surface area contributed by atoms with Crippen molar-refractivity contribution >= 4 is 11.7 Å². The summed E-state index contributed by atoms with van der Waals surface area (Å²) < 4.78 is 23.3. The number of carbonyl (C=O) groups excluding carboxylic acids is 1. The first kappa shape index (κ1) is 33.9. The molecule has 18 heteroatoms. The van der Waals surface area contributed by atoms with Crippen LogP contribution in [0.4, 0.5) is 0 Å². The molecule has 18 N–H and O–H groups in total. The monoisotopic (exact) mass is 595 g/mol. The maximum atomic E-state index is 12.6. The molecule has 1 saturated carbocycles. The summed E-state index contributed by atoms with van der Waals surface area (Å²) in [6.45, 7) is -1.02. The molecule has 3 rings (SSSR count). The van der Waals surface area contributed by atoms with Gasteiger partial charge < -0.3 is 84.0 Å². The molecular weight excluding hydrogens is 550 g/mol. The number of carbonyl (C=O) groups is 1. The van der Waals surface area contributed by atoms with Gasteiger partial charge in [-0.05, 0) is 12.3 Å². The number of rotatable bonds is 11. The van der Waals surface area contributed by atoms with Crippen molar-refractivity contribution in [2.75, 3.05) is 19.7 Å². The standard InChI is InChI=1S/C23H45N7O11/c24-4-12(34)10(32)2-7-1-8(26)20(41-21-9(30-23(28)29)3-11(33)13(5-25)38-21)18(37)19(7)40-22-17(36)15(27)16(35)14(6-31)39-22/h7-9,11-22,31,33-37H,1-6,24-27H2,(H4,28,29,30)/t7-,8-,9+,11-,12-,13+,14+,15-,16+,17+,18+,19-,20+,21+,22+/m0/s1.